The van der Waals surface area contributed by atoms with E-state index in [1.54, 1.807) is 6.08 Å². The molecule has 1 saturated carbocycles. The highest BCUT2D eigenvalue weighted by atomic mass is 127. The Balaban J connectivity index is 0.00000300. The molecule has 1 aromatic carbocycles. The third kappa shape index (κ3) is 7.48. The van der Waals surface area contributed by atoms with Crippen LogP contribution in [-0.2, 0) is 6.54 Å². The molecule has 0 aromatic heterocycles. The van der Waals surface area contributed by atoms with Crippen molar-refractivity contribution in [3.8, 4) is 5.75 Å². The first kappa shape index (κ1) is 24.0. The van der Waals surface area contributed by atoms with Gasteiger partial charge in [0.1, 0.15) is 12.4 Å². The molecule has 29 heavy (non-hydrogen) atoms. The Bertz CT molecular complexity index is 638. The van der Waals surface area contributed by atoms with Gasteiger partial charge in [0.25, 0.3) is 0 Å². The summed E-state index contributed by atoms with van der Waals surface area (Å²) in [5.74, 6) is 1.78. The molecular weight excluding hydrogens is 475 g/mol. The number of para-hydroxylation sites is 1. The molecule has 0 radical (unpaired) electrons. The predicted octanol–water partition coefficient (Wildman–Crippen LogP) is 4.33. The standard InChI is InChI=1S/C23H36N4O.HI/c1-3-17-28-22-12-8-5-9-19(22)18-25-23(24-4-2)26-20-13-15-27(16-14-20)21-10-6-7-11-21;/h3,5,8-9,12,20-21H,1,4,6-7,10-11,13-18H2,2H3,(H2,24,25,26);1H. The van der Waals surface area contributed by atoms with Gasteiger partial charge < -0.3 is 20.3 Å². The molecule has 0 spiro atoms. The maximum Gasteiger partial charge on any atom is 0.191 e. The van der Waals surface area contributed by atoms with E-state index < -0.39 is 0 Å². The first-order valence-electron chi connectivity index (χ1n) is 10.9. The number of benzene rings is 1. The minimum Gasteiger partial charge on any atom is -0.489 e. The van der Waals surface area contributed by atoms with Crippen molar-refractivity contribution in [3.05, 3.63) is 42.5 Å². The van der Waals surface area contributed by atoms with Gasteiger partial charge in [0.15, 0.2) is 5.96 Å². The molecule has 0 unspecified atom stereocenters. The van der Waals surface area contributed by atoms with Crippen LogP contribution >= 0.6 is 24.0 Å². The van der Waals surface area contributed by atoms with Crippen LogP contribution in [-0.4, -0.2) is 49.2 Å². The molecule has 0 atom stereocenters. The number of rotatable bonds is 8. The van der Waals surface area contributed by atoms with Crippen LogP contribution in [0.4, 0.5) is 0 Å². The number of likely N-dealkylation sites (tertiary alicyclic amines) is 1. The molecule has 3 rings (SSSR count). The SMILES string of the molecule is C=CCOc1ccccc1CN=C(NCC)NC1CCN(C2CCCC2)CC1.I. The highest BCUT2D eigenvalue weighted by Crippen LogP contribution is 2.26. The van der Waals surface area contributed by atoms with Gasteiger partial charge in [0.2, 0.25) is 0 Å². The van der Waals surface area contributed by atoms with E-state index in [-0.39, 0.29) is 24.0 Å². The van der Waals surface area contributed by atoms with E-state index in [1.807, 2.05) is 18.2 Å². The molecule has 0 amide bonds. The van der Waals surface area contributed by atoms with Crippen LogP contribution in [0.2, 0.25) is 0 Å². The van der Waals surface area contributed by atoms with E-state index >= 15 is 0 Å². The molecule has 2 N–H and O–H groups in total. The van der Waals surface area contributed by atoms with Gasteiger partial charge in [-0.3, -0.25) is 0 Å². The number of hydrogen-bond acceptors (Lipinski definition) is 3. The highest BCUT2D eigenvalue weighted by Gasteiger charge is 2.27. The fourth-order valence-electron chi connectivity index (χ4n) is 4.28. The van der Waals surface area contributed by atoms with Crippen molar-refractivity contribution in [1.29, 1.82) is 0 Å². The number of hydrogen-bond donors (Lipinski definition) is 2. The van der Waals surface area contributed by atoms with E-state index in [9.17, 15) is 0 Å². The van der Waals surface area contributed by atoms with Gasteiger partial charge in [-0.2, -0.15) is 0 Å². The van der Waals surface area contributed by atoms with Crippen LogP contribution in [0.3, 0.4) is 0 Å². The zero-order valence-corrected chi connectivity index (χ0v) is 20.1. The number of ether oxygens (including phenoxy) is 1. The smallest absolute Gasteiger partial charge is 0.191 e. The first-order chi connectivity index (χ1) is 13.8. The Morgan fingerprint density at radius 1 is 1.21 bits per heavy atom. The second kappa shape index (κ2) is 13.1. The van der Waals surface area contributed by atoms with Gasteiger partial charge in [0.05, 0.1) is 6.54 Å². The number of nitrogens with zero attached hydrogens (tertiary/aromatic N) is 2. The Hall–Kier alpha value is -1.28. The Labute approximate surface area is 193 Å². The molecule has 6 heteroatoms. The second-order valence-electron chi connectivity index (χ2n) is 7.80. The van der Waals surface area contributed by atoms with Crippen molar-refractivity contribution < 1.29 is 4.74 Å². The fourth-order valence-corrected chi connectivity index (χ4v) is 4.28. The summed E-state index contributed by atoms with van der Waals surface area (Å²) in [4.78, 5) is 7.53. The number of guanidine groups is 1. The summed E-state index contributed by atoms with van der Waals surface area (Å²) in [6.07, 6.45) is 9.78. The maximum atomic E-state index is 5.76. The lowest BCUT2D eigenvalue weighted by atomic mass is 10.0. The van der Waals surface area contributed by atoms with Crippen molar-refractivity contribution in [1.82, 2.24) is 15.5 Å². The van der Waals surface area contributed by atoms with Gasteiger partial charge in [-0.25, -0.2) is 4.99 Å². The largest absolute Gasteiger partial charge is 0.489 e. The first-order valence-corrected chi connectivity index (χ1v) is 10.9. The summed E-state index contributed by atoms with van der Waals surface area (Å²) in [6.45, 7) is 10.2. The van der Waals surface area contributed by atoms with Gasteiger partial charge >= 0.3 is 0 Å². The van der Waals surface area contributed by atoms with Crippen molar-refractivity contribution in [2.75, 3.05) is 26.2 Å². The minimum atomic E-state index is 0. The Morgan fingerprint density at radius 2 is 1.93 bits per heavy atom. The number of nitrogens with one attached hydrogen (secondary N) is 2. The zero-order valence-electron chi connectivity index (χ0n) is 17.7. The summed E-state index contributed by atoms with van der Waals surface area (Å²) in [7, 11) is 0. The van der Waals surface area contributed by atoms with Crippen LogP contribution in [0, 0.1) is 0 Å². The van der Waals surface area contributed by atoms with Crippen molar-refractivity contribution in [3.63, 3.8) is 0 Å². The molecular formula is C23H37IN4O. The Kier molecular flexibility index (Phi) is 10.8. The van der Waals surface area contributed by atoms with Crippen LogP contribution < -0.4 is 15.4 Å². The summed E-state index contributed by atoms with van der Waals surface area (Å²) < 4.78 is 5.76. The van der Waals surface area contributed by atoms with Crippen molar-refractivity contribution in [2.24, 2.45) is 4.99 Å². The fraction of sp³-hybridized carbons (Fsp3) is 0.609. The molecule has 5 nitrogen and oxygen atoms in total. The zero-order chi connectivity index (χ0) is 19.6. The lowest BCUT2D eigenvalue weighted by molar-refractivity contribution is 0.150. The number of piperidine rings is 1. The molecule has 2 aliphatic rings. The van der Waals surface area contributed by atoms with E-state index in [4.69, 9.17) is 9.73 Å². The van der Waals surface area contributed by atoms with E-state index in [1.165, 1.54) is 51.6 Å². The lowest BCUT2D eigenvalue weighted by Crippen LogP contribution is -2.50. The lowest BCUT2D eigenvalue weighted by Gasteiger charge is -2.36. The van der Waals surface area contributed by atoms with Gasteiger partial charge in [-0.05, 0) is 38.7 Å². The quantitative estimate of drug-likeness (QED) is 0.236. The average molecular weight is 512 g/mol. The second-order valence-corrected chi connectivity index (χ2v) is 7.80. The van der Waals surface area contributed by atoms with E-state index in [0.717, 1.165) is 29.9 Å². The monoisotopic (exact) mass is 512 g/mol. The van der Waals surface area contributed by atoms with Crippen LogP contribution in [0.25, 0.3) is 0 Å². The van der Waals surface area contributed by atoms with Gasteiger partial charge in [0, 0.05) is 37.3 Å². The third-order valence-corrected chi connectivity index (χ3v) is 5.79. The summed E-state index contributed by atoms with van der Waals surface area (Å²) in [5, 5.41) is 7.05. The molecule has 1 aliphatic carbocycles. The summed E-state index contributed by atoms with van der Waals surface area (Å²) in [5.41, 5.74) is 1.10. The average Bonchev–Trinajstić information content (AvgIpc) is 3.27. The normalized spacial score (nSPS) is 18.9. The summed E-state index contributed by atoms with van der Waals surface area (Å²) in [6, 6.07) is 9.44. The molecule has 1 aliphatic heterocycles. The molecule has 1 heterocycles. The Morgan fingerprint density at radius 3 is 2.62 bits per heavy atom. The van der Waals surface area contributed by atoms with Gasteiger partial charge in [-0.1, -0.05) is 43.7 Å². The molecule has 2 fully saturated rings. The number of halogens is 1. The highest BCUT2D eigenvalue weighted by molar-refractivity contribution is 14.0. The minimum absolute atomic E-state index is 0. The van der Waals surface area contributed by atoms with Crippen LogP contribution in [0.5, 0.6) is 5.75 Å². The van der Waals surface area contributed by atoms with Crippen molar-refractivity contribution in [2.45, 2.75) is 64.1 Å². The summed E-state index contributed by atoms with van der Waals surface area (Å²) >= 11 is 0. The van der Waals surface area contributed by atoms with E-state index in [2.05, 4.69) is 35.1 Å². The van der Waals surface area contributed by atoms with Crippen LogP contribution in [0.1, 0.15) is 51.0 Å². The topological polar surface area (TPSA) is 48.9 Å². The maximum absolute atomic E-state index is 5.76. The number of aliphatic imine (C=N–C) groups is 1. The van der Waals surface area contributed by atoms with Crippen molar-refractivity contribution >= 4 is 29.9 Å². The van der Waals surface area contributed by atoms with Gasteiger partial charge in [-0.15, -0.1) is 24.0 Å². The third-order valence-electron chi connectivity index (χ3n) is 5.79. The molecule has 162 valence electrons. The molecule has 1 saturated heterocycles. The predicted molar refractivity (Wildman–Crippen MR) is 132 cm³/mol. The molecule has 1 aromatic rings. The molecule has 0 bridgehead atoms. The van der Waals surface area contributed by atoms with E-state index in [0.29, 0.717) is 19.2 Å². The van der Waals surface area contributed by atoms with Crippen LogP contribution in [0.15, 0.2) is 41.9 Å².